The second-order valence-electron chi connectivity index (χ2n) is 2.87. The van der Waals surface area contributed by atoms with E-state index >= 15 is 0 Å². The summed E-state index contributed by atoms with van der Waals surface area (Å²) >= 11 is 3.84. The Morgan fingerprint density at radius 3 is 2.69 bits per heavy atom. The van der Waals surface area contributed by atoms with Gasteiger partial charge in [0.25, 0.3) is 0 Å². The maximum Gasteiger partial charge on any atom is 0.0438 e. The van der Waals surface area contributed by atoms with Crippen molar-refractivity contribution < 1.29 is 8.76 Å². The number of hydrogen-bond acceptors (Lipinski definition) is 2. The van der Waals surface area contributed by atoms with Gasteiger partial charge in [-0.3, -0.25) is 4.21 Å². The SMILES string of the molecule is CC(Cc1ccccc1Cl)S(=O)[O-]. The van der Waals surface area contributed by atoms with Crippen molar-refractivity contribution in [3.05, 3.63) is 34.9 Å². The summed E-state index contributed by atoms with van der Waals surface area (Å²) in [4.78, 5) is 0. The molecule has 0 N–H and O–H groups in total. The summed E-state index contributed by atoms with van der Waals surface area (Å²) in [5, 5.41) is 0.236. The molecule has 0 spiro atoms. The Balaban J connectivity index is 2.74. The summed E-state index contributed by atoms with van der Waals surface area (Å²) in [6, 6.07) is 7.27. The van der Waals surface area contributed by atoms with Crippen LogP contribution in [0.2, 0.25) is 5.02 Å². The van der Waals surface area contributed by atoms with Gasteiger partial charge in [0.15, 0.2) is 0 Å². The summed E-state index contributed by atoms with van der Waals surface area (Å²) in [5.41, 5.74) is 0.876. The van der Waals surface area contributed by atoms with Gasteiger partial charge in [0.05, 0.1) is 0 Å². The van der Waals surface area contributed by atoms with Gasteiger partial charge in [0.2, 0.25) is 0 Å². The summed E-state index contributed by atoms with van der Waals surface area (Å²) in [6.07, 6.45) is 0.468. The molecule has 2 atom stereocenters. The minimum Gasteiger partial charge on any atom is -0.772 e. The van der Waals surface area contributed by atoms with E-state index in [9.17, 15) is 8.76 Å². The van der Waals surface area contributed by atoms with E-state index in [2.05, 4.69) is 0 Å². The molecule has 13 heavy (non-hydrogen) atoms. The van der Waals surface area contributed by atoms with E-state index in [4.69, 9.17) is 11.6 Å². The van der Waals surface area contributed by atoms with Gasteiger partial charge in [0.1, 0.15) is 0 Å². The van der Waals surface area contributed by atoms with Crippen LogP contribution in [-0.4, -0.2) is 14.0 Å². The van der Waals surface area contributed by atoms with Crippen LogP contribution in [0.15, 0.2) is 24.3 Å². The summed E-state index contributed by atoms with van der Waals surface area (Å²) in [7, 11) is 0. The quantitative estimate of drug-likeness (QED) is 0.728. The molecule has 2 nitrogen and oxygen atoms in total. The molecular formula is C9H10ClO2S-. The molecule has 0 heterocycles. The zero-order valence-electron chi connectivity index (χ0n) is 7.20. The van der Waals surface area contributed by atoms with Crippen LogP contribution < -0.4 is 0 Å². The van der Waals surface area contributed by atoms with Crippen molar-refractivity contribution in [3.63, 3.8) is 0 Å². The standard InChI is InChI=1S/C9H11ClO2S/c1-7(13(11)12)6-8-4-2-3-5-9(8)10/h2-5,7H,6H2,1H3,(H,11,12)/p-1. The Bertz CT molecular complexity index is 314. The molecule has 0 amide bonds. The average molecular weight is 218 g/mol. The lowest BCUT2D eigenvalue weighted by Gasteiger charge is -2.14. The van der Waals surface area contributed by atoms with E-state index in [-0.39, 0.29) is 5.25 Å². The van der Waals surface area contributed by atoms with Gasteiger partial charge in [-0.2, -0.15) is 0 Å². The first-order valence-electron chi connectivity index (χ1n) is 3.92. The first-order valence-corrected chi connectivity index (χ1v) is 5.44. The Hall–Kier alpha value is -0.380. The Morgan fingerprint density at radius 1 is 1.54 bits per heavy atom. The van der Waals surface area contributed by atoms with Gasteiger partial charge in [-0.25, -0.2) is 0 Å². The van der Waals surface area contributed by atoms with Crippen LogP contribution in [0.1, 0.15) is 12.5 Å². The molecular weight excluding hydrogens is 208 g/mol. The van der Waals surface area contributed by atoms with Crippen molar-refractivity contribution in [1.29, 1.82) is 0 Å². The third kappa shape index (κ3) is 3.10. The van der Waals surface area contributed by atoms with Crippen molar-refractivity contribution >= 4 is 22.7 Å². The number of rotatable bonds is 3. The van der Waals surface area contributed by atoms with Crippen LogP contribution in [0.25, 0.3) is 0 Å². The van der Waals surface area contributed by atoms with Crippen molar-refractivity contribution in [3.8, 4) is 0 Å². The minimum atomic E-state index is -2.03. The molecule has 0 aliphatic carbocycles. The zero-order valence-corrected chi connectivity index (χ0v) is 8.77. The number of halogens is 1. The van der Waals surface area contributed by atoms with Crippen molar-refractivity contribution in [2.75, 3.05) is 0 Å². The molecule has 0 fully saturated rings. The van der Waals surface area contributed by atoms with Crippen LogP contribution in [0.3, 0.4) is 0 Å². The molecule has 1 aromatic rings. The van der Waals surface area contributed by atoms with Crippen LogP contribution in [0, 0.1) is 0 Å². The lowest BCUT2D eigenvalue weighted by Crippen LogP contribution is -2.13. The highest BCUT2D eigenvalue weighted by molar-refractivity contribution is 7.79. The van der Waals surface area contributed by atoms with E-state index < -0.39 is 11.1 Å². The van der Waals surface area contributed by atoms with Gasteiger partial charge in [-0.1, -0.05) is 47.8 Å². The topological polar surface area (TPSA) is 40.1 Å². The van der Waals surface area contributed by atoms with Gasteiger partial charge in [0, 0.05) is 10.3 Å². The van der Waals surface area contributed by atoms with Gasteiger partial charge in [-0.05, 0) is 18.1 Å². The predicted octanol–water partition coefficient (Wildman–Crippen LogP) is 2.15. The molecule has 0 aromatic heterocycles. The molecule has 0 aliphatic heterocycles. The lowest BCUT2D eigenvalue weighted by atomic mass is 10.1. The number of hydrogen-bond donors (Lipinski definition) is 0. The Labute approximate surface area is 85.2 Å². The number of benzene rings is 1. The van der Waals surface area contributed by atoms with Crippen LogP contribution in [-0.2, 0) is 17.5 Å². The molecule has 4 heteroatoms. The third-order valence-electron chi connectivity index (χ3n) is 1.79. The van der Waals surface area contributed by atoms with Gasteiger partial charge >= 0.3 is 0 Å². The first kappa shape index (κ1) is 10.7. The largest absolute Gasteiger partial charge is 0.772 e. The zero-order chi connectivity index (χ0) is 9.84. The fourth-order valence-corrected chi connectivity index (χ4v) is 1.57. The molecule has 0 radical (unpaired) electrons. The van der Waals surface area contributed by atoms with Gasteiger partial charge < -0.3 is 4.55 Å². The molecule has 1 aromatic carbocycles. The minimum absolute atomic E-state index is 0.389. The Kier molecular flexibility index (Phi) is 3.90. The second-order valence-corrected chi connectivity index (χ2v) is 4.60. The van der Waals surface area contributed by atoms with E-state index in [0.29, 0.717) is 11.4 Å². The van der Waals surface area contributed by atoms with Crippen molar-refractivity contribution in [2.45, 2.75) is 18.6 Å². The molecule has 0 saturated carbocycles. The van der Waals surface area contributed by atoms with E-state index in [0.717, 1.165) is 5.56 Å². The van der Waals surface area contributed by atoms with Crippen LogP contribution >= 0.6 is 11.6 Å². The average Bonchev–Trinajstić information content (AvgIpc) is 2.08. The third-order valence-corrected chi connectivity index (χ3v) is 2.99. The normalized spacial score (nSPS) is 15.3. The fourth-order valence-electron chi connectivity index (χ4n) is 1.04. The van der Waals surface area contributed by atoms with E-state index in [1.807, 2.05) is 18.2 Å². The smallest absolute Gasteiger partial charge is 0.0438 e. The highest BCUT2D eigenvalue weighted by Crippen LogP contribution is 2.17. The highest BCUT2D eigenvalue weighted by atomic mass is 35.5. The molecule has 2 unspecified atom stereocenters. The monoisotopic (exact) mass is 217 g/mol. The highest BCUT2D eigenvalue weighted by Gasteiger charge is 2.05. The fraction of sp³-hybridized carbons (Fsp3) is 0.333. The summed E-state index contributed by atoms with van der Waals surface area (Å²) < 4.78 is 21.1. The molecule has 0 saturated heterocycles. The Morgan fingerprint density at radius 2 is 2.15 bits per heavy atom. The van der Waals surface area contributed by atoms with Crippen LogP contribution in [0.5, 0.6) is 0 Å². The predicted molar refractivity (Wildman–Crippen MR) is 53.5 cm³/mol. The van der Waals surface area contributed by atoms with E-state index in [1.165, 1.54) is 0 Å². The summed E-state index contributed by atoms with van der Waals surface area (Å²) in [6.45, 7) is 1.66. The first-order chi connectivity index (χ1) is 6.11. The second kappa shape index (κ2) is 4.74. The molecule has 72 valence electrons. The molecule has 0 bridgehead atoms. The maximum absolute atomic E-state index is 10.6. The van der Waals surface area contributed by atoms with Crippen molar-refractivity contribution in [1.82, 2.24) is 0 Å². The summed E-state index contributed by atoms with van der Waals surface area (Å²) in [5.74, 6) is 0. The molecule has 0 aliphatic rings. The lowest BCUT2D eigenvalue weighted by molar-refractivity contribution is 0.524. The van der Waals surface area contributed by atoms with Gasteiger partial charge in [-0.15, -0.1) is 0 Å². The van der Waals surface area contributed by atoms with Crippen molar-refractivity contribution in [2.24, 2.45) is 0 Å². The van der Waals surface area contributed by atoms with E-state index in [1.54, 1.807) is 13.0 Å². The van der Waals surface area contributed by atoms with Crippen LogP contribution in [0.4, 0.5) is 0 Å². The molecule has 1 rings (SSSR count). The maximum atomic E-state index is 10.6.